The molecule has 1 N–H and O–H groups in total. The van der Waals surface area contributed by atoms with Gasteiger partial charge in [-0.1, -0.05) is 0 Å². The van der Waals surface area contributed by atoms with Crippen LogP contribution in [0.2, 0.25) is 0 Å². The van der Waals surface area contributed by atoms with Gasteiger partial charge in [0.15, 0.2) is 0 Å². The molecule has 2 rings (SSSR count). The van der Waals surface area contributed by atoms with Crippen molar-refractivity contribution in [1.82, 2.24) is 9.13 Å². The molecule has 0 bridgehead atoms. The van der Waals surface area contributed by atoms with Crippen molar-refractivity contribution in [3.8, 4) is 0 Å². The molecule has 0 spiro atoms. The predicted octanol–water partition coefficient (Wildman–Crippen LogP) is -0.164. The van der Waals surface area contributed by atoms with Crippen molar-refractivity contribution in [2.24, 2.45) is 14.1 Å². The molecule has 0 amide bonds. The van der Waals surface area contributed by atoms with Gasteiger partial charge in [0.2, 0.25) is 0 Å². The minimum absolute atomic E-state index is 0.118. The number of aromatic nitrogens is 2. The van der Waals surface area contributed by atoms with E-state index in [0.29, 0.717) is 0 Å². The van der Waals surface area contributed by atoms with Gasteiger partial charge in [-0.15, -0.1) is 0 Å². The van der Waals surface area contributed by atoms with Gasteiger partial charge in [-0.25, -0.2) is 4.79 Å². The van der Waals surface area contributed by atoms with E-state index in [4.69, 9.17) is 0 Å². The quantitative estimate of drug-likeness (QED) is 0.765. The zero-order valence-corrected chi connectivity index (χ0v) is 9.71. The Kier molecular flexibility index (Phi) is 2.63. The van der Waals surface area contributed by atoms with Gasteiger partial charge in [0.25, 0.3) is 5.56 Å². The van der Waals surface area contributed by atoms with Crippen LogP contribution in [0.4, 0.5) is 24.7 Å². The lowest BCUT2D eigenvalue weighted by atomic mass is 10.4. The zero-order valence-electron chi connectivity index (χ0n) is 9.71. The van der Waals surface area contributed by atoms with Crippen LogP contribution in [0.3, 0.4) is 0 Å². The number of rotatable bonds is 1. The van der Waals surface area contributed by atoms with Gasteiger partial charge >= 0.3 is 11.9 Å². The fourth-order valence-corrected chi connectivity index (χ4v) is 1.91. The number of fused-ring (bicyclic) bond motifs is 1. The molecule has 0 saturated carbocycles. The molecule has 9 heteroatoms. The maximum absolute atomic E-state index is 12.4. The van der Waals surface area contributed by atoms with E-state index in [1.54, 1.807) is 0 Å². The number of halogens is 3. The van der Waals surface area contributed by atoms with Crippen molar-refractivity contribution >= 4 is 11.5 Å². The molecule has 0 aromatic carbocycles. The van der Waals surface area contributed by atoms with Crippen molar-refractivity contribution < 1.29 is 13.2 Å². The third-order valence-corrected chi connectivity index (χ3v) is 2.76. The normalized spacial score (nSPS) is 14.6. The van der Waals surface area contributed by atoms with Gasteiger partial charge in [0.05, 0.1) is 6.67 Å². The van der Waals surface area contributed by atoms with Crippen LogP contribution in [0, 0.1) is 0 Å². The standard InChI is InChI=1S/C9H11F3N4O2/c1-14-6-5(7(17)15(2)8(14)18)16(4-13-6)3-9(10,11)12/h13H,3-4H2,1-2H3. The van der Waals surface area contributed by atoms with Crippen LogP contribution < -0.4 is 21.5 Å². The summed E-state index contributed by atoms with van der Waals surface area (Å²) >= 11 is 0. The van der Waals surface area contributed by atoms with E-state index >= 15 is 0 Å². The van der Waals surface area contributed by atoms with Gasteiger partial charge in [-0.3, -0.25) is 13.9 Å². The molecule has 6 nitrogen and oxygen atoms in total. The van der Waals surface area contributed by atoms with E-state index in [9.17, 15) is 22.8 Å². The lowest BCUT2D eigenvalue weighted by Gasteiger charge is -2.19. The second-order valence-corrected chi connectivity index (χ2v) is 4.05. The average molecular weight is 264 g/mol. The second-order valence-electron chi connectivity index (χ2n) is 4.05. The third kappa shape index (κ3) is 1.85. The first-order valence-electron chi connectivity index (χ1n) is 5.08. The highest BCUT2D eigenvalue weighted by atomic mass is 19.4. The van der Waals surface area contributed by atoms with Crippen LogP contribution in [0.5, 0.6) is 0 Å². The van der Waals surface area contributed by atoms with Crippen molar-refractivity contribution in [3.63, 3.8) is 0 Å². The molecule has 0 fully saturated rings. The maximum atomic E-state index is 12.4. The minimum Gasteiger partial charge on any atom is -0.352 e. The molecule has 0 radical (unpaired) electrons. The molecule has 18 heavy (non-hydrogen) atoms. The van der Waals surface area contributed by atoms with Crippen LogP contribution in [0.15, 0.2) is 9.59 Å². The molecule has 0 saturated heterocycles. The molecule has 1 aliphatic rings. The van der Waals surface area contributed by atoms with E-state index in [1.807, 2.05) is 0 Å². The fraction of sp³-hybridized carbons (Fsp3) is 0.556. The Balaban J connectivity index is 2.58. The average Bonchev–Trinajstić information content (AvgIpc) is 2.65. The molecular weight excluding hydrogens is 253 g/mol. The summed E-state index contributed by atoms with van der Waals surface area (Å²) in [5.41, 5.74) is -1.45. The summed E-state index contributed by atoms with van der Waals surface area (Å²) in [5, 5.41) is 2.63. The van der Waals surface area contributed by atoms with Crippen LogP contribution in [0.25, 0.3) is 0 Å². The SMILES string of the molecule is Cn1c2c(c(=O)n(C)c1=O)N(CC(F)(F)F)CN2. The van der Waals surface area contributed by atoms with E-state index in [1.165, 1.54) is 14.1 Å². The largest absolute Gasteiger partial charge is 0.405 e. The zero-order chi connectivity index (χ0) is 13.7. The predicted molar refractivity (Wildman–Crippen MR) is 58.8 cm³/mol. The number of hydrogen-bond acceptors (Lipinski definition) is 4. The summed E-state index contributed by atoms with van der Waals surface area (Å²) in [6, 6.07) is 0. The van der Waals surface area contributed by atoms with E-state index < -0.39 is 24.0 Å². The summed E-state index contributed by atoms with van der Waals surface area (Å²) in [6.07, 6.45) is -4.41. The molecule has 1 aromatic heterocycles. The van der Waals surface area contributed by atoms with Crippen molar-refractivity contribution in [2.45, 2.75) is 6.18 Å². The third-order valence-electron chi connectivity index (χ3n) is 2.76. The van der Waals surface area contributed by atoms with Gasteiger partial charge in [0.1, 0.15) is 18.1 Å². The van der Waals surface area contributed by atoms with E-state index in [2.05, 4.69) is 5.32 Å². The maximum Gasteiger partial charge on any atom is 0.405 e. The van der Waals surface area contributed by atoms with Crippen LogP contribution in [0.1, 0.15) is 0 Å². The summed E-state index contributed by atoms with van der Waals surface area (Å²) < 4.78 is 39.0. The smallest absolute Gasteiger partial charge is 0.352 e. The summed E-state index contributed by atoms with van der Waals surface area (Å²) in [6.45, 7) is -1.39. The van der Waals surface area contributed by atoms with Crippen molar-refractivity contribution in [2.75, 3.05) is 23.4 Å². The lowest BCUT2D eigenvalue weighted by molar-refractivity contribution is -0.119. The number of nitrogens with zero attached hydrogens (tertiary/aromatic N) is 3. The van der Waals surface area contributed by atoms with Crippen LogP contribution >= 0.6 is 0 Å². The Hall–Kier alpha value is -1.93. The van der Waals surface area contributed by atoms with E-state index in [0.717, 1.165) is 14.0 Å². The molecule has 100 valence electrons. The van der Waals surface area contributed by atoms with Gasteiger partial charge in [-0.2, -0.15) is 13.2 Å². The Labute approximate surface area is 99.2 Å². The Morgan fingerprint density at radius 3 is 2.39 bits per heavy atom. The van der Waals surface area contributed by atoms with E-state index in [-0.39, 0.29) is 18.2 Å². The number of alkyl halides is 3. The summed E-state index contributed by atoms with van der Waals surface area (Å²) in [5.74, 6) is 0.118. The Morgan fingerprint density at radius 2 is 1.83 bits per heavy atom. The fourth-order valence-electron chi connectivity index (χ4n) is 1.91. The molecule has 2 heterocycles. The lowest BCUT2D eigenvalue weighted by Crippen LogP contribution is -2.41. The Bertz CT molecular complexity index is 602. The van der Waals surface area contributed by atoms with Crippen molar-refractivity contribution in [1.29, 1.82) is 0 Å². The van der Waals surface area contributed by atoms with Gasteiger partial charge in [-0.05, 0) is 0 Å². The van der Waals surface area contributed by atoms with Gasteiger partial charge < -0.3 is 10.2 Å². The van der Waals surface area contributed by atoms with Crippen molar-refractivity contribution in [3.05, 3.63) is 20.8 Å². The molecule has 1 aliphatic heterocycles. The number of anilines is 2. The first-order valence-corrected chi connectivity index (χ1v) is 5.08. The minimum atomic E-state index is -4.41. The molecular formula is C9H11F3N4O2. The molecule has 1 aromatic rings. The van der Waals surface area contributed by atoms with Crippen LogP contribution in [-0.2, 0) is 14.1 Å². The first kappa shape index (κ1) is 12.5. The van der Waals surface area contributed by atoms with Gasteiger partial charge in [0, 0.05) is 14.1 Å². The first-order chi connectivity index (χ1) is 8.22. The topological polar surface area (TPSA) is 59.3 Å². The highest BCUT2D eigenvalue weighted by Gasteiger charge is 2.36. The highest BCUT2D eigenvalue weighted by Crippen LogP contribution is 2.28. The highest BCUT2D eigenvalue weighted by molar-refractivity contribution is 5.70. The van der Waals surface area contributed by atoms with Crippen LogP contribution in [-0.4, -0.2) is 28.5 Å². The molecule has 0 atom stereocenters. The summed E-state index contributed by atoms with van der Waals surface area (Å²) in [7, 11) is 2.62. The molecule has 0 unspecified atom stereocenters. The summed E-state index contributed by atoms with van der Waals surface area (Å²) in [4.78, 5) is 24.3. The monoisotopic (exact) mass is 264 g/mol. The number of nitrogens with one attached hydrogen (secondary N) is 1. The second kappa shape index (κ2) is 3.79. The number of hydrogen-bond donors (Lipinski definition) is 1. The Morgan fingerprint density at radius 1 is 1.22 bits per heavy atom. The molecule has 0 aliphatic carbocycles.